The topological polar surface area (TPSA) is 128 Å². The smallest absolute Gasteiger partial charge is 0.221 e. The van der Waals surface area contributed by atoms with Crippen LogP contribution in [0.15, 0.2) is 47.2 Å². The zero-order chi connectivity index (χ0) is 25.9. The Bertz CT molecular complexity index is 1330. The molecule has 0 bridgehead atoms. The molecular formula is C26H29N7O3. The molecule has 0 radical (unpaired) electrons. The molecule has 186 valence electrons. The predicted octanol–water partition coefficient (Wildman–Crippen LogP) is 2.19. The molecule has 0 unspecified atom stereocenters. The van der Waals surface area contributed by atoms with Crippen molar-refractivity contribution in [2.45, 2.75) is 26.5 Å². The Kier molecular flexibility index (Phi) is 9.55. The van der Waals surface area contributed by atoms with E-state index in [1.165, 1.54) is 0 Å². The van der Waals surface area contributed by atoms with E-state index in [2.05, 4.69) is 49.2 Å². The lowest BCUT2D eigenvalue weighted by Gasteiger charge is -2.25. The molecule has 1 aliphatic heterocycles. The van der Waals surface area contributed by atoms with E-state index in [0.717, 1.165) is 60.8 Å². The second-order valence-electron chi connectivity index (χ2n) is 7.82. The molecule has 0 spiro atoms. The average Bonchev–Trinajstić information content (AvgIpc) is 3.51. The third kappa shape index (κ3) is 7.14. The maximum atomic E-state index is 9.44. The Morgan fingerprint density at radius 1 is 1.17 bits per heavy atom. The number of morpholine rings is 1. The average molecular weight is 488 g/mol. The SMILES string of the molecule is C#C.C[C@@H](O)C#Cc1ccc2c(CN3CCOCC3)nn(-c3ccnc(N)n3)c2c1.Cc1ccno1. The minimum atomic E-state index is -0.681. The summed E-state index contributed by atoms with van der Waals surface area (Å²) in [5.41, 5.74) is 8.42. The molecule has 1 saturated heterocycles. The number of terminal acetylenes is 1. The van der Waals surface area contributed by atoms with Gasteiger partial charge in [0.05, 0.1) is 30.6 Å². The first-order valence-electron chi connectivity index (χ1n) is 11.3. The van der Waals surface area contributed by atoms with Crippen molar-refractivity contribution >= 4 is 16.9 Å². The number of rotatable bonds is 3. The second-order valence-corrected chi connectivity index (χ2v) is 7.82. The summed E-state index contributed by atoms with van der Waals surface area (Å²) in [6.45, 7) is 7.46. The Balaban J connectivity index is 0.000000390. The number of anilines is 1. The fourth-order valence-electron chi connectivity index (χ4n) is 3.47. The first kappa shape index (κ1) is 26.4. The summed E-state index contributed by atoms with van der Waals surface area (Å²) >= 11 is 0. The van der Waals surface area contributed by atoms with E-state index in [1.807, 2.05) is 25.1 Å². The number of aliphatic hydroxyl groups excluding tert-OH is 1. The highest BCUT2D eigenvalue weighted by molar-refractivity contribution is 5.84. The van der Waals surface area contributed by atoms with E-state index in [1.54, 1.807) is 36.1 Å². The number of hydrogen-bond acceptors (Lipinski definition) is 9. The molecular weight excluding hydrogens is 458 g/mol. The number of fused-ring (bicyclic) bond motifs is 1. The molecule has 0 aliphatic carbocycles. The summed E-state index contributed by atoms with van der Waals surface area (Å²) in [4.78, 5) is 10.6. The van der Waals surface area contributed by atoms with Crippen LogP contribution in [0.5, 0.6) is 0 Å². The van der Waals surface area contributed by atoms with Crippen LogP contribution < -0.4 is 5.73 Å². The molecule has 5 rings (SSSR count). The van der Waals surface area contributed by atoms with E-state index in [9.17, 15) is 5.11 Å². The molecule has 0 saturated carbocycles. The number of benzene rings is 1. The van der Waals surface area contributed by atoms with Crippen LogP contribution in [0.25, 0.3) is 16.7 Å². The van der Waals surface area contributed by atoms with E-state index in [4.69, 9.17) is 15.6 Å². The van der Waals surface area contributed by atoms with Gasteiger partial charge in [0.15, 0.2) is 5.82 Å². The summed E-state index contributed by atoms with van der Waals surface area (Å²) in [7, 11) is 0. The van der Waals surface area contributed by atoms with Crippen LogP contribution in [0.2, 0.25) is 0 Å². The summed E-state index contributed by atoms with van der Waals surface area (Å²) in [6.07, 6.45) is 10.6. The van der Waals surface area contributed by atoms with Crippen molar-refractivity contribution in [3.63, 3.8) is 0 Å². The molecule has 3 aromatic heterocycles. The number of nitrogens with zero attached hydrogens (tertiary/aromatic N) is 6. The molecule has 1 atom stereocenters. The van der Waals surface area contributed by atoms with E-state index in [0.29, 0.717) is 5.82 Å². The molecule has 0 amide bonds. The lowest BCUT2D eigenvalue weighted by atomic mass is 10.1. The van der Waals surface area contributed by atoms with Gasteiger partial charge in [-0.2, -0.15) is 10.1 Å². The summed E-state index contributed by atoms with van der Waals surface area (Å²) in [5, 5.41) is 18.7. The highest BCUT2D eigenvalue weighted by atomic mass is 16.5. The monoisotopic (exact) mass is 487 g/mol. The van der Waals surface area contributed by atoms with Crippen molar-refractivity contribution in [3.8, 4) is 30.5 Å². The maximum Gasteiger partial charge on any atom is 0.221 e. The molecule has 3 N–H and O–H groups in total. The largest absolute Gasteiger partial charge is 0.381 e. The minimum Gasteiger partial charge on any atom is -0.381 e. The fraction of sp³-hybridized carbons (Fsp3) is 0.308. The fourth-order valence-corrected chi connectivity index (χ4v) is 3.47. The number of aryl methyl sites for hydroxylation is 1. The van der Waals surface area contributed by atoms with Crippen molar-refractivity contribution in [2.75, 3.05) is 32.0 Å². The Morgan fingerprint density at radius 2 is 1.94 bits per heavy atom. The maximum absolute atomic E-state index is 9.44. The number of ether oxygens (including phenoxy) is 1. The molecule has 4 heterocycles. The number of aromatic nitrogens is 5. The molecule has 1 aliphatic rings. The van der Waals surface area contributed by atoms with Crippen LogP contribution in [-0.4, -0.2) is 67.3 Å². The van der Waals surface area contributed by atoms with Crippen LogP contribution in [0.3, 0.4) is 0 Å². The van der Waals surface area contributed by atoms with Gasteiger partial charge in [-0.1, -0.05) is 17.0 Å². The van der Waals surface area contributed by atoms with E-state index >= 15 is 0 Å². The van der Waals surface area contributed by atoms with Crippen molar-refractivity contribution < 1.29 is 14.4 Å². The zero-order valence-corrected chi connectivity index (χ0v) is 20.3. The van der Waals surface area contributed by atoms with Gasteiger partial charge in [-0.05, 0) is 32.0 Å². The van der Waals surface area contributed by atoms with Gasteiger partial charge in [0.25, 0.3) is 0 Å². The van der Waals surface area contributed by atoms with Gasteiger partial charge in [-0.25, -0.2) is 9.67 Å². The van der Waals surface area contributed by atoms with Crippen LogP contribution >= 0.6 is 0 Å². The van der Waals surface area contributed by atoms with Gasteiger partial charge >= 0.3 is 0 Å². The first-order valence-corrected chi connectivity index (χ1v) is 11.3. The minimum absolute atomic E-state index is 0.195. The Hall–Kier alpha value is -4.22. The summed E-state index contributed by atoms with van der Waals surface area (Å²) in [6, 6.07) is 9.50. The molecule has 10 nitrogen and oxygen atoms in total. The molecule has 1 aromatic carbocycles. The Labute approximate surface area is 210 Å². The quantitative estimate of drug-likeness (QED) is 0.418. The summed E-state index contributed by atoms with van der Waals surface area (Å²) in [5.74, 6) is 7.42. The molecule has 36 heavy (non-hydrogen) atoms. The molecule has 10 heteroatoms. The van der Waals surface area contributed by atoms with Crippen LogP contribution in [-0.2, 0) is 11.3 Å². The standard InChI is InChI=1S/C20H22N6O2.C4H5NO.C2H2/c1-14(27)2-3-15-4-5-16-17(13-25-8-10-28-11-9-25)24-26(18(16)12-15)19-6-7-22-20(21)23-19;1-4-2-3-5-6-4;1-2/h4-7,12,14,27H,8-11,13H2,1H3,(H2,21,22,23);2-3H,1H3;1-2H/t14-;;/m1../s1. The van der Waals surface area contributed by atoms with Crippen molar-refractivity contribution in [3.05, 3.63) is 59.7 Å². The molecule has 4 aromatic rings. The number of hydrogen-bond donors (Lipinski definition) is 2. The van der Waals surface area contributed by atoms with Gasteiger partial charge in [-0.15, -0.1) is 12.8 Å². The van der Waals surface area contributed by atoms with Gasteiger partial charge in [0, 0.05) is 48.9 Å². The van der Waals surface area contributed by atoms with E-state index in [-0.39, 0.29) is 5.95 Å². The number of aliphatic hydroxyl groups is 1. The normalized spacial score (nSPS) is 13.9. The van der Waals surface area contributed by atoms with Crippen LogP contribution in [0.4, 0.5) is 5.95 Å². The zero-order valence-electron chi connectivity index (χ0n) is 20.3. The first-order chi connectivity index (χ1) is 17.5. The lowest BCUT2D eigenvalue weighted by molar-refractivity contribution is 0.0338. The van der Waals surface area contributed by atoms with Gasteiger partial charge in [-0.3, -0.25) is 4.90 Å². The van der Waals surface area contributed by atoms with Gasteiger partial charge < -0.3 is 20.1 Å². The van der Waals surface area contributed by atoms with Crippen LogP contribution in [0.1, 0.15) is 23.9 Å². The lowest BCUT2D eigenvalue weighted by Crippen LogP contribution is -2.35. The van der Waals surface area contributed by atoms with Crippen molar-refractivity contribution in [2.24, 2.45) is 0 Å². The third-order valence-corrected chi connectivity index (χ3v) is 5.10. The van der Waals surface area contributed by atoms with Gasteiger partial charge in [0.1, 0.15) is 11.9 Å². The van der Waals surface area contributed by atoms with Crippen molar-refractivity contribution in [1.82, 2.24) is 29.8 Å². The second kappa shape index (κ2) is 13.0. The third-order valence-electron chi connectivity index (χ3n) is 5.10. The highest BCUT2D eigenvalue weighted by Gasteiger charge is 2.18. The summed E-state index contributed by atoms with van der Waals surface area (Å²) < 4.78 is 11.8. The van der Waals surface area contributed by atoms with E-state index < -0.39 is 6.10 Å². The highest BCUT2D eigenvalue weighted by Crippen LogP contribution is 2.24. The predicted molar refractivity (Wildman–Crippen MR) is 137 cm³/mol. The van der Waals surface area contributed by atoms with Crippen molar-refractivity contribution in [1.29, 1.82) is 0 Å². The Morgan fingerprint density at radius 3 is 2.56 bits per heavy atom. The van der Waals surface area contributed by atoms with Crippen LogP contribution in [0, 0.1) is 31.6 Å². The van der Waals surface area contributed by atoms with Gasteiger partial charge in [0.2, 0.25) is 5.95 Å². The number of nitrogen functional groups attached to an aromatic ring is 1. The molecule has 1 fully saturated rings. The number of nitrogens with two attached hydrogens (primary N) is 1.